The summed E-state index contributed by atoms with van der Waals surface area (Å²) in [5, 5.41) is 1.16. The number of anilines is 6. The van der Waals surface area contributed by atoms with Crippen molar-refractivity contribution in [1.82, 2.24) is 0 Å². The Morgan fingerprint density at radius 1 is 0.500 bits per heavy atom. The lowest BCUT2D eigenvalue weighted by Gasteiger charge is -2.43. The molecule has 1 aromatic heterocycles. The van der Waals surface area contributed by atoms with Gasteiger partial charge in [0.15, 0.2) is 23.0 Å². The Labute approximate surface area is 335 Å². The Morgan fingerprint density at radius 2 is 1.05 bits per heavy atom. The van der Waals surface area contributed by atoms with Crippen molar-refractivity contribution in [1.29, 1.82) is 0 Å². The van der Waals surface area contributed by atoms with E-state index in [0.717, 1.165) is 44.5 Å². The molecule has 0 spiro atoms. The smallest absolute Gasteiger partial charge is 0.264 e. The molecule has 0 bridgehead atoms. The van der Waals surface area contributed by atoms with Gasteiger partial charge in [-0.25, -0.2) is 0 Å². The van der Waals surface area contributed by atoms with Crippen molar-refractivity contribution in [2.45, 2.75) is 78.6 Å². The first-order chi connectivity index (χ1) is 26.7. The Balaban J connectivity index is 1.27. The van der Waals surface area contributed by atoms with E-state index in [1.807, 2.05) is 35.6 Å². The lowest BCUT2D eigenvalue weighted by Crippen LogP contribution is -2.60. The van der Waals surface area contributed by atoms with E-state index >= 15 is 0 Å². The van der Waals surface area contributed by atoms with Gasteiger partial charge in [0.1, 0.15) is 0 Å². The minimum Gasteiger partial charge on any atom is -0.449 e. The molecule has 278 valence electrons. The number of benzene rings is 6. The molecule has 0 radical (unpaired) electrons. The predicted octanol–water partition coefficient (Wildman–Crippen LogP) is 12.8. The fourth-order valence-corrected chi connectivity index (χ4v) is 10.1. The Bertz CT molecular complexity index is 2710. The summed E-state index contributed by atoms with van der Waals surface area (Å²) < 4.78 is 15.6. The largest absolute Gasteiger partial charge is 0.449 e. The minimum absolute atomic E-state index is 0.00791. The van der Waals surface area contributed by atoms with Gasteiger partial charge in [0.2, 0.25) is 0 Å². The zero-order valence-corrected chi connectivity index (χ0v) is 34.6. The molecule has 3 aliphatic rings. The van der Waals surface area contributed by atoms with Crippen LogP contribution in [0.1, 0.15) is 79.0 Å². The van der Waals surface area contributed by atoms with Gasteiger partial charge in [-0.3, -0.25) is 0 Å². The summed E-state index contributed by atoms with van der Waals surface area (Å²) in [6, 6.07) is 44.8. The predicted molar refractivity (Wildman–Crippen MR) is 239 cm³/mol. The van der Waals surface area contributed by atoms with Gasteiger partial charge in [-0.2, -0.15) is 0 Å². The van der Waals surface area contributed by atoms with E-state index in [-0.39, 0.29) is 23.0 Å². The van der Waals surface area contributed by atoms with E-state index < -0.39 is 0 Å². The Hall–Kier alpha value is -5.46. The van der Waals surface area contributed by atoms with Crippen LogP contribution in [0.3, 0.4) is 0 Å². The number of ether oxygens (including phenoxy) is 2. The maximum Gasteiger partial charge on any atom is 0.264 e. The van der Waals surface area contributed by atoms with Crippen molar-refractivity contribution in [3.63, 3.8) is 0 Å². The van der Waals surface area contributed by atoms with Crippen LogP contribution < -0.4 is 35.0 Å². The van der Waals surface area contributed by atoms with Crippen LogP contribution in [0.25, 0.3) is 10.1 Å². The average molecular weight is 751 g/mol. The van der Waals surface area contributed by atoms with Crippen molar-refractivity contribution in [3.05, 3.63) is 138 Å². The fourth-order valence-electron chi connectivity index (χ4n) is 8.70. The average Bonchev–Trinajstić information content (AvgIpc) is 3.55. The van der Waals surface area contributed by atoms with Gasteiger partial charge in [0.05, 0.1) is 10.4 Å². The van der Waals surface area contributed by atoms with Crippen LogP contribution in [0.2, 0.25) is 0 Å². The lowest BCUT2D eigenvalue weighted by atomic mass is 9.36. The molecule has 0 unspecified atom stereocenters. The van der Waals surface area contributed by atoms with Gasteiger partial charge in [-0.1, -0.05) is 117 Å². The number of rotatable bonds is 2. The Morgan fingerprint density at radius 3 is 1.66 bits per heavy atom. The van der Waals surface area contributed by atoms with Crippen LogP contribution in [0, 0.1) is 0 Å². The summed E-state index contributed by atoms with van der Waals surface area (Å²) in [6.45, 7) is 20.6. The number of para-hydroxylation sites is 2. The minimum atomic E-state index is -0.0237. The molecule has 3 aliphatic heterocycles. The number of fused-ring (bicyclic) bond motifs is 9. The van der Waals surface area contributed by atoms with Crippen LogP contribution in [-0.4, -0.2) is 6.71 Å². The first-order valence-electron chi connectivity index (χ1n) is 19.8. The SMILES string of the molecule is CC(C)(C)c1ccc(N2c3ccc(C(C)(C)C)cc3B3c4sc5c6c(ccc5c4N(c4ccc(C(C)(C)C)cc4)c4cccc2c43)Oc2ccccc2O6)cc1. The van der Waals surface area contributed by atoms with E-state index in [4.69, 9.17) is 9.47 Å². The molecule has 10 rings (SSSR count). The summed E-state index contributed by atoms with van der Waals surface area (Å²) in [6.07, 6.45) is 0. The van der Waals surface area contributed by atoms with E-state index in [1.54, 1.807) is 0 Å². The van der Waals surface area contributed by atoms with Gasteiger partial charge in [-0.15, -0.1) is 11.3 Å². The number of hydrogen-bond acceptors (Lipinski definition) is 5. The number of nitrogens with zero attached hydrogens (tertiary/aromatic N) is 2. The monoisotopic (exact) mass is 750 g/mol. The highest BCUT2D eigenvalue weighted by atomic mass is 32.1. The molecule has 6 heteroatoms. The maximum atomic E-state index is 6.75. The second-order valence-corrected chi connectivity index (χ2v) is 19.7. The van der Waals surface area contributed by atoms with Crippen LogP contribution in [0.5, 0.6) is 23.0 Å². The molecule has 0 aliphatic carbocycles. The van der Waals surface area contributed by atoms with Crippen molar-refractivity contribution in [2.75, 3.05) is 9.80 Å². The summed E-state index contributed by atoms with van der Waals surface area (Å²) in [7, 11) is 0. The molecule has 0 saturated heterocycles. The van der Waals surface area contributed by atoms with Gasteiger partial charge in [0.25, 0.3) is 6.71 Å². The zero-order chi connectivity index (χ0) is 38.9. The second kappa shape index (κ2) is 12.0. The maximum absolute atomic E-state index is 6.75. The highest BCUT2D eigenvalue weighted by molar-refractivity contribution is 7.34. The third kappa shape index (κ3) is 5.33. The molecular formula is C50H47BN2O2S. The molecule has 0 N–H and O–H groups in total. The molecule has 56 heavy (non-hydrogen) atoms. The molecule has 4 heterocycles. The van der Waals surface area contributed by atoms with E-state index in [1.165, 1.54) is 55.1 Å². The number of hydrogen-bond donors (Lipinski definition) is 0. The molecule has 7 aromatic rings. The molecule has 0 amide bonds. The first-order valence-corrected chi connectivity index (χ1v) is 20.6. The molecule has 0 atom stereocenters. The Kier molecular flexibility index (Phi) is 7.51. The second-order valence-electron chi connectivity index (χ2n) is 18.7. The normalized spacial score (nSPS) is 14.3. The van der Waals surface area contributed by atoms with Crippen LogP contribution in [0.15, 0.2) is 121 Å². The van der Waals surface area contributed by atoms with Crippen molar-refractivity contribution in [3.8, 4) is 23.0 Å². The van der Waals surface area contributed by atoms with E-state index in [0.29, 0.717) is 0 Å². The molecule has 0 saturated carbocycles. The summed E-state index contributed by atoms with van der Waals surface area (Å²) in [5.74, 6) is 3.01. The highest BCUT2D eigenvalue weighted by Crippen LogP contribution is 2.54. The van der Waals surface area contributed by atoms with Gasteiger partial charge in [-0.05, 0) is 111 Å². The quantitative estimate of drug-likeness (QED) is 0.164. The summed E-state index contributed by atoms with van der Waals surface area (Å²) in [5.41, 5.74) is 13.8. The van der Waals surface area contributed by atoms with Crippen LogP contribution in [-0.2, 0) is 16.2 Å². The molecule has 0 fully saturated rings. The van der Waals surface area contributed by atoms with E-state index in [9.17, 15) is 0 Å². The highest BCUT2D eigenvalue weighted by Gasteiger charge is 2.46. The number of thiophene rings is 1. The lowest BCUT2D eigenvalue weighted by molar-refractivity contribution is 0.363. The van der Waals surface area contributed by atoms with Crippen molar-refractivity contribution < 1.29 is 9.47 Å². The molecule has 4 nitrogen and oxygen atoms in total. The van der Waals surface area contributed by atoms with E-state index in [2.05, 4.69) is 169 Å². The van der Waals surface area contributed by atoms with Gasteiger partial charge in [0, 0.05) is 38.6 Å². The summed E-state index contributed by atoms with van der Waals surface area (Å²) in [4.78, 5) is 5.01. The van der Waals surface area contributed by atoms with Gasteiger partial charge < -0.3 is 19.3 Å². The van der Waals surface area contributed by atoms with Gasteiger partial charge >= 0.3 is 0 Å². The van der Waals surface area contributed by atoms with Crippen molar-refractivity contribution in [2.24, 2.45) is 0 Å². The third-order valence-corrected chi connectivity index (χ3v) is 13.1. The van der Waals surface area contributed by atoms with Crippen LogP contribution >= 0.6 is 11.3 Å². The topological polar surface area (TPSA) is 24.9 Å². The molecule has 6 aromatic carbocycles. The third-order valence-electron chi connectivity index (χ3n) is 11.8. The fraction of sp³-hybridized carbons (Fsp3) is 0.240. The first kappa shape index (κ1) is 35.0. The van der Waals surface area contributed by atoms with Crippen molar-refractivity contribution >= 4 is 78.0 Å². The van der Waals surface area contributed by atoms with Crippen LogP contribution in [0.4, 0.5) is 34.1 Å². The molecular weight excluding hydrogens is 703 g/mol. The summed E-state index contributed by atoms with van der Waals surface area (Å²) >= 11 is 1.85. The zero-order valence-electron chi connectivity index (χ0n) is 33.7. The standard InChI is InChI=1S/C50H47BN2O2S/c1-48(2,3)30-17-22-33(23-18-30)52-37-27-21-32(50(7,8)9)29-36(37)51-43-38(52)13-12-14-39(43)53(34-24-19-31(20-25-34)49(4,5)6)44-35-26-28-42-45(46(35)56-47(44)51)55-41-16-11-10-15-40(41)54-42/h10-29H,1-9H3.